The summed E-state index contributed by atoms with van der Waals surface area (Å²) in [6.45, 7) is 5.98. The number of hydrogen-bond donors (Lipinski definition) is 8. The Morgan fingerprint density at radius 3 is 1.61 bits per heavy atom. The summed E-state index contributed by atoms with van der Waals surface area (Å²) in [6.07, 6.45) is 1.28. The lowest BCUT2D eigenvalue weighted by Gasteiger charge is -2.32. The van der Waals surface area contributed by atoms with Gasteiger partial charge in [-0.1, -0.05) is 50.2 Å². The van der Waals surface area contributed by atoms with Crippen molar-refractivity contribution in [2.24, 2.45) is 17.8 Å². The number of fused-ring (bicyclic) bond motifs is 11. The molecule has 5 rings (SSSR count). The van der Waals surface area contributed by atoms with Crippen molar-refractivity contribution < 1.29 is 58.8 Å². The third-order valence-corrected chi connectivity index (χ3v) is 11.3. The van der Waals surface area contributed by atoms with Gasteiger partial charge in [0.15, 0.2) is 0 Å². The van der Waals surface area contributed by atoms with Crippen LogP contribution in [0.15, 0.2) is 48.5 Å². The van der Waals surface area contributed by atoms with Gasteiger partial charge in [0, 0.05) is 77.8 Å². The van der Waals surface area contributed by atoms with Gasteiger partial charge in [0.05, 0.1) is 38.7 Å². The standard InChI is InChI=1S/C44H64N8O12/c1-30(2)22-36-35(43(61)48-63)4-3-21-64-34-11-9-31(10-12-34)23-37(47-42(36)60)44(62)46-25-33-7-5-32(6-8-33)24-45-38(53)26-49-13-15-50(27-39(54)55)17-19-52(29-41(58)59)20-18-51(16-14-49)28-40(56)57/h5-12,30,35-37,63H,3-4,13-29H2,1-2H3,(H,45,53)(H,46,62)(H,47,60)(H,48,61)(H,54,55)(H,56,57)(H,58,59)/t35-,36+,37+/m0/s1. The average Bonchev–Trinajstić information content (AvgIpc) is 3.24. The molecular weight excluding hydrogens is 833 g/mol. The molecule has 3 aliphatic heterocycles. The maximum absolute atomic E-state index is 13.9. The highest BCUT2D eigenvalue weighted by molar-refractivity contribution is 5.91. The van der Waals surface area contributed by atoms with Crippen LogP contribution in [-0.2, 0) is 53.1 Å². The number of carbonyl (C=O) groups is 7. The molecule has 20 heteroatoms. The molecule has 0 aromatic heterocycles. The monoisotopic (exact) mass is 896 g/mol. The largest absolute Gasteiger partial charge is 0.494 e. The molecule has 3 aliphatic rings. The Bertz CT molecular complexity index is 1830. The molecule has 0 aliphatic carbocycles. The number of hydroxylamine groups is 1. The molecule has 20 nitrogen and oxygen atoms in total. The first-order valence-corrected chi connectivity index (χ1v) is 21.7. The van der Waals surface area contributed by atoms with E-state index in [0.717, 1.165) is 16.7 Å². The molecule has 0 saturated carbocycles. The van der Waals surface area contributed by atoms with Crippen LogP contribution in [-0.4, -0.2) is 173 Å². The number of nitrogens with one attached hydrogen (secondary N) is 4. The van der Waals surface area contributed by atoms with Crippen molar-refractivity contribution in [1.82, 2.24) is 41.0 Å². The molecule has 2 aromatic carbocycles. The van der Waals surface area contributed by atoms with E-state index >= 15 is 0 Å². The van der Waals surface area contributed by atoms with E-state index in [-0.39, 0.29) is 103 Å². The average molecular weight is 897 g/mol. The number of carboxylic acids is 3. The van der Waals surface area contributed by atoms with Gasteiger partial charge in [0.2, 0.25) is 23.6 Å². The Kier molecular flexibility index (Phi) is 20.9. The number of rotatable bonds is 16. The Hall–Kier alpha value is -5.67. The first-order valence-electron chi connectivity index (χ1n) is 21.7. The lowest BCUT2D eigenvalue weighted by Crippen LogP contribution is -2.51. The van der Waals surface area contributed by atoms with Gasteiger partial charge in [-0.15, -0.1) is 0 Å². The van der Waals surface area contributed by atoms with Crippen LogP contribution in [0.3, 0.4) is 0 Å². The van der Waals surface area contributed by atoms with E-state index in [9.17, 15) is 54.1 Å². The maximum atomic E-state index is 13.9. The molecule has 64 heavy (non-hydrogen) atoms. The van der Waals surface area contributed by atoms with Gasteiger partial charge < -0.3 is 36.0 Å². The first-order chi connectivity index (χ1) is 30.6. The van der Waals surface area contributed by atoms with Gasteiger partial charge >= 0.3 is 17.9 Å². The highest BCUT2D eigenvalue weighted by atomic mass is 16.5. The van der Waals surface area contributed by atoms with Crippen molar-refractivity contribution in [3.05, 3.63) is 65.2 Å². The van der Waals surface area contributed by atoms with Crippen LogP contribution in [0.4, 0.5) is 0 Å². The maximum Gasteiger partial charge on any atom is 0.317 e. The zero-order valence-electron chi connectivity index (χ0n) is 36.7. The minimum atomic E-state index is -1.04. The van der Waals surface area contributed by atoms with Gasteiger partial charge in [-0.3, -0.25) is 58.4 Å². The summed E-state index contributed by atoms with van der Waals surface area (Å²) in [7, 11) is 0. The van der Waals surface area contributed by atoms with Gasteiger partial charge in [-0.25, -0.2) is 5.48 Å². The second-order valence-corrected chi connectivity index (χ2v) is 16.8. The fourth-order valence-corrected chi connectivity index (χ4v) is 7.83. The molecule has 3 atom stereocenters. The predicted octanol–water partition coefficient (Wildman–Crippen LogP) is 0.0784. The summed E-state index contributed by atoms with van der Waals surface area (Å²) in [5, 5.41) is 46.7. The zero-order chi connectivity index (χ0) is 46.6. The van der Waals surface area contributed by atoms with Crippen LogP contribution in [0, 0.1) is 17.8 Å². The minimum Gasteiger partial charge on any atom is -0.494 e. The van der Waals surface area contributed by atoms with Crippen LogP contribution in [0.1, 0.15) is 49.8 Å². The van der Waals surface area contributed by atoms with Crippen molar-refractivity contribution in [2.75, 3.05) is 85.1 Å². The van der Waals surface area contributed by atoms with Crippen molar-refractivity contribution >= 4 is 41.5 Å². The van der Waals surface area contributed by atoms with Crippen molar-refractivity contribution in [2.45, 2.75) is 58.7 Å². The van der Waals surface area contributed by atoms with E-state index in [2.05, 4.69) is 16.0 Å². The summed E-state index contributed by atoms with van der Waals surface area (Å²) in [4.78, 5) is 95.3. The van der Waals surface area contributed by atoms with Crippen LogP contribution in [0.25, 0.3) is 0 Å². The van der Waals surface area contributed by atoms with E-state index in [1.165, 1.54) is 0 Å². The number of ether oxygens (including phenoxy) is 1. The molecule has 3 heterocycles. The molecule has 8 N–H and O–H groups in total. The van der Waals surface area contributed by atoms with Gasteiger partial charge in [0.1, 0.15) is 11.8 Å². The normalized spacial score (nSPS) is 20.4. The second kappa shape index (κ2) is 26.2. The number of hydrogen-bond acceptors (Lipinski definition) is 13. The third-order valence-electron chi connectivity index (χ3n) is 11.3. The number of carboxylic acid groups (broad SMARTS) is 3. The quantitative estimate of drug-likeness (QED) is 0.0819. The molecule has 1 fully saturated rings. The van der Waals surface area contributed by atoms with E-state index < -0.39 is 53.5 Å². The minimum absolute atomic E-state index is 0.0276. The highest BCUT2D eigenvalue weighted by Crippen LogP contribution is 2.27. The fourth-order valence-electron chi connectivity index (χ4n) is 7.83. The van der Waals surface area contributed by atoms with E-state index in [0.29, 0.717) is 38.3 Å². The van der Waals surface area contributed by atoms with E-state index in [1.54, 1.807) is 32.3 Å². The van der Waals surface area contributed by atoms with Crippen LogP contribution in [0.2, 0.25) is 0 Å². The molecule has 0 unspecified atom stereocenters. The van der Waals surface area contributed by atoms with Gasteiger partial charge in [-0.2, -0.15) is 0 Å². The Labute approximate surface area is 373 Å². The number of amides is 4. The van der Waals surface area contributed by atoms with Crippen LogP contribution in [0.5, 0.6) is 5.75 Å². The van der Waals surface area contributed by atoms with E-state index in [4.69, 9.17) is 4.74 Å². The molecular formula is C44H64N8O12. The first kappa shape index (κ1) is 51.0. The van der Waals surface area contributed by atoms with Crippen LogP contribution < -0.4 is 26.2 Å². The molecule has 2 bridgehead atoms. The lowest BCUT2D eigenvalue weighted by atomic mass is 9.81. The summed E-state index contributed by atoms with van der Waals surface area (Å²) in [5.74, 6) is -5.94. The molecule has 0 radical (unpaired) electrons. The molecule has 352 valence electrons. The third kappa shape index (κ3) is 18.2. The lowest BCUT2D eigenvalue weighted by molar-refractivity contribution is -0.142. The predicted molar refractivity (Wildman–Crippen MR) is 232 cm³/mol. The molecule has 1 saturated heterocycles. The smallest absolute Gasteiger partial charge is 0.317 e. The molecule has 2 aromatic rings. The van der Waals surface area contributed by atoms with Gasteiger partial charge in [-0.05, 0) is 54.0 Å². The Morgan fingerprint density at radius 2 is 1.16 bits per heavy atom. The topological polar surface area (TPSA) is 271 Å². The fraction of sp³-hybridized carbons (Fsp3) is 0.568. The SMILES string of the molecule is CC(C)C[C@H]1C(=O)N[C@@H](C(=O)NCc2ccc(CNC(=O)CN3CCN(CC(=O)O)CCN(CC(=O)O)CCN(CC(=O)O)CC3)cc2)Cc2ccc(cc2)OCCC[C@@H]1C(=O)NO. The summed E-state index contributed by atoms with van der Waals surface area (Å²) < 4.78 is 5.85. The van der Waals surface area contributed by atoms with E-state index in [1.807, 2.05) is 55.1 Å². The zero-order valence-corrected chi connectivity index (χ0v) is 36.7. The number of benzene rings is 2. The Balaban J connectivity index is 1.37. The molecule has 4 amide bonds. The second-order valence-electron chi connectivity index (χ2n) is 16.8. The van der Waals surface area contributed by atoms with Crippen molar-refractivity contribution in [3.63, 3.8) is 0 Å². The Morgan fingerprint density at radius 1 is 0.688 bits per heavy atom. The van der Waals surface area contributed by atoms with Gasteiger partial charge in [0.25, 0.3) is 0 Å². The summed E-state index contributed by atoms with van der Waals surface area (Å²) >= 11 is 0. The highest BCUT2D eigenvalue weighted by Gasteiger charge is 2.36. The van der Waals surface area contributed by atoms with Crippen molar-refractivity contribution in [1.29, 1.82) is 0 Å². The van der Waals surface area contributed by atoms with Crippen LogP contribution >= 0.6 is 0 Å². The summed E-state index contributed by atoms with van der Waals surface area (Å²) in [6, 6.07) is 13.5. The number of nitrogens with zero attached hydrogens (tertiary/aromatic N) is 4. The van der Waals surface area contributed by atoms with Crippen molar-refractivity contribution in [3.8, 4) is 5.75 Å². The molecule has 0 spiro atoms. The number of aliphatic carboxylic acids is 3. The summed E-state index contributed by atoms with van der Waals surface area (Å²) in [5.41, 5.74) is 4.05. The number of carbonyl (C=O) groups excluding carboxylic acids is 4.